The minimum Gasteiger partial charge on any atom is -0.496 e. The van der Waals surface area contributed by atoms with E-state index in [-0.39, 0.29) is 6.04 Å². The van der Waals surface area contributed by atoms with E-state index < -0.39 is 12.0 Å². The van der Waals surface area contributed by atoms with Crippen molar-refractivity contribution in [3.8, 4) is 17.1 Å². The molecule has 2 atom stereocenters. The van der Waals surface area contributed by atoms with Crippen molar-refractivity contribution in [3.05, 3.63) is 48.5 Å². The standard InChI is InChI=1S/C20H20N4O3/c1-27-17-9-5-3-7-14(17)19-23-15-8-4-2-6-13(15)18(24-19)22-12-10-16(20(25)26)21-11-12/h2-9,12,16,21H,10-11H2,1H3,(H,25,26)(H,22,23,24)/t12-,16+/m0/s1. The summed E-state index contributed by atoms with van der Waals surface area (Å²) in [4.78, 5) is 20.6. The summed E-state index contributed by atoms with van der Waals surface area (Å²) in [6.07, 6.45) is 0.498. The highest BCUT2D eigenvalue weighted by Crippen LogP contribution is 2.31. The van der Waals surface area contributed by atoms with Gasteiger partial charge in [0.2, 0.25) is 0 Å². The Balaban J connectivity index is 1.74. The molecular weight excluding hydrogens is 344 g/mol. The van der Waals surface area contributed by atoms with E-state index in [4.69, 9.17) is 14.7 Å². The maximum atomic E-state index is 11.2. The number of methoxy groups -OCH3 is 1. The Kier molecular flexibility index (Phi) is 4.60. The summed E-state index contributed by atoms with van der Waals surface area (Å²) >= 11 is 0. The van der Waals surface area contributed by atoms with Crippen molar-refractivity contribution in [1.82, 2.24) is 15.3 Å². The van der Waals surface area contributed by atoms with Crippen LogP contribution < -0.4 is 15.4 Å². The summed E-state index contributed by atoms with van der Waals surface area (Å²) in [5, 5.41) is 16.5. The second kappa shape index (κ2) is 7.20. The van der Waals surface area contributed by atoms with Crippen LogP contribution in [0.3, 0.4) is 0 Å². The Morgan fingerprint density at radius 1 is 1.19 bits per heavy atom. The highest BCUT2D eigenvalue weighted by Gasteiger charge is 2.29. The average Bonchev–Trinajstić information content (AvgIpc) is 3.17. The number of carbonyl (C=O) groups is 1. The van der Waals surface area contributed by atoms with E-state index in [2.05, 4.69) is 10.6 Å². The molecule has 7 nitrogen and oxygen atoms in total. The van der Waals surface area contributed by atoms with Crippen LogP contribution in [-0.2, 0) is 4.79 Å². The molecule has 0 bridgehead atoms. The van der Waals surface area contributed by atoms with Gasteiger partial charge in [0.15, 0.2) is 5.82 Å². The lowest BCUT2D eigenvalue weighted by Gasteiger charge is -2.16. The minimum atomic E-state index is -0.832. The fourth-order valence-electron chi connectivity index (χ4n) is 3.36. The lowest BCUT2D eigenvalue weighted by atomic mass is 10.1. The van der Waals surface area contributed by atoms with Crippen molar-refractivity contribution >= 4 is 22.7 Å². The van der Waals surface area contributed by atoms with Crippen molar-refractivity contribution in [1.29, 1.82) is 0 Å². The van der Waals surface area contributed by atoms with Gasteiger partial charge in [-0.2, -0.15) is 0 Å². The van der Waals surface area contributed by atoms with E-state index in [0.717, 1.165) is 16.5 Å². The average molecular weight is 364 g/mol. The van der Waals surface area contributed by atoms with Gasteiger partial charge in [0.25, 0.3) is 0 Å². The molecule has 1 aromatic heterocycles. The van der Waals surface area contributed by atoms with E-state index in [1.54, 1.807) is 7.11 Å². The quantitative estimate of drug-likeness (QED) is 0.640. The van der Waals surface area contributed by atoms with Crippen LogP contribution in [0, 0.1) is 0 Å². The smallest absolute Gasteiger partial charge is 0.320 e. The number of rotatable bonds is 5. The van der Waals surface area contributed by atoms with Gasteiger partial charge in [-0.05, 0) is 30.7 Å². The summed E-state index contributed by atoms with van der Waals surface area (Å²) in [6.45, 7) is 0.569. The predicted octanol–water partition coefficient (Wildman–Crippen LogP) is 2.53. The fraction of sp³-hybridized carbons (Fsp3) is 0.250. The summed E-state index contributed by atoms with van der Waals surface area (Å²) < 4.78 is 5.45. The molecule has 138 valence electrons. The molecule has 1 aliphatic heterocycles. The van der Waals surface area contributed by atoms with Crippen LogP contribution in [-0.4, -0.2) is 46.8 Å². The monoisotopic (exact) mass is 364 g/mol. The number of carboxylic acids is 1. The lowest BCUT2D eigenvalue weighted by Crippen LogP contribution is -2.30. The van der Waals surface area contributed by atoms with Gasteiger partial charge in [-0.1, -0.05) is 24.3 Å². The molecule has 0 saturated carbocycles. The zero-order chi connectivity index (χ0) is 18.8. The zero-order valence-electron chi connectivity index (χ0n) is 14.8. The van der Waals surface area contributed by atoms with Gasteiger partial charge in [0, 0.05) is 18.0 Å². The number of para-hydroxylation sites is 2. The first-order valence-electron chi connectivity index (χ1n) is 8.78. The molecule has 3 N–H and O–H groups in total. The third-order valence-corrected chi connectivity index (χ3v) is 4.72. The molecule has 0 spiro atoms. The largest absolute Gasteiger partial charge is 0.496 e. The first-order valence-corrected chi connectivity index (χ1v) is 8.78. The highest BCUT2D eigenvalue weighted by molar-refractivity contribution is 5.91. The molecule has 1 aliphatic rings. The van der Waals surface area contributed by atoms with Gasteiger partial charge in [-0.3, -0.25) is 4.79 Å². The zero-order valence-corrected chi connectivity index (χ0v) is 14.8. The predicted molar refractivity (Wildman–Crippen MR) is 103 cm³/mol. The van der Waals surface area contributed by atoms with Gasteiger partial charge < -0.3 is 20.5 Å². The highest BCUT2D eigenvalue weighted by atomic mass is 16.5. The number of aliphatic carboxylic acids is 1. The fourth-order valence-corrected chi connectivity index (χ4v) is 3.36. The van der Waals surface area contributed by atoms with E-state index in [1.165, 1.54) is 0 Å². The van der Waals surface area contributed by atoms with E-state index >= 15 is 0 Å². The number of aromatic nitrogens is 2. The number of carboxylic acid groups (broad SMARTS) is 1. The third kappa shape index (κ3) is 3.41. The molecule has 4 rings (SSSR count). The van der Waals surface area contributed by atoms with Crippen LogP contribution in [0.25, 0.3) is 22.3 Å². The molecule has 2 aromatic carbocycles. The van der Waals surface area contributed by atoms with Crippen molar-refractivity contribution < 1.29 is 14.6 Å². The van der Waals surface area contributed by atoms with Crippen LogP contribution >= 0.6 is 0 Å². The number of benzene rings is 2. The Hall–Kier alpha value is -3.19. The van der Waals surface area contributed by atoms with Crippen LogP contribution in [0.15, 0.2) is 48.5 Å². The topological polar surface area (TPSA) is 96.4 Å². The molecule has 3 aromatic rings. The number of ether oxygens (including phenoxy) is 1. The Morgan fingerprint density at radius 2 is 1.96 bits per heavy atom. The van der Waals surface area contributed by atoms with Crippen molar-refractivity contribution in [2.24, 2.45) is 0 Å². The second-order valence-corrected chi connectivity index (χ2v) is 6.49. The Bertz CT molecular complexity index is 992. The van der Waals surface area contributed by atoms with Crippen LogP contribution in [0.1, 0.15) is 6.42 Å². The molecule has 1 fully saturated rings. The number of nitrogens with zero attached hydrogens (tertiary/aromatic N) is 2. The summed E-state index contributed by atoms with van der Waals surface area (Å²) in [5.74, 6) is 1.13. The van der Waals surface area contributed by atoms with E-state index in [0.29, 0.717) is 30.4 Å². The molecule has 0 unspecified atom stereocenters. The second-order valence-electron chi connectivity index (χ2n) is 6.49. The Labute approximate surface area is 156 Å². The maximum Gasteiger partial charge on any atom is 0.320 e. The van der Waals surface area contributed by atoms with Gasteiger partial charge in [0.05, 0.1) is 18.2 Å². The number of nitrogens with one attached hydrogen (secondary N) is 2. The maximum absolute atomic E-state index is 11.2. The molecule has 27 heavy (non-hydrogen) atoms. The molecule has 1 saturated heterocycles. The molecule has 0 aliphatic carbocycles. The van der Waals surface area contributed by atoms with Crippen LogP contribution in [0.2, 0.25) is 0 Å². The molecular formula is C20H20N4O3. The first-order chi connectivity index (χ1) is 13.2. The van der Waals surface area contributed by atoms with Crippen molar-refractivity contribution in [2.45, 2.75) is 18.5 Å². The first kappa shape index (κ1) is 17.2. The summed E-state index contributed by atoms with van der Waals surface area (Å²) in [7, 11) is 1.62. The van der Waals surface area contributed by atoms with Gasteiger partial charge >= 0.3 is 5.97 Å². The summed E-state index contributed by atoms with van der Waals surface area (Å²) in [6, 6.07) is 14.8. The van der Waals surface area contributed by atoms with Crippen LogP contribution in [0.5, 0.6) is 5.75 Å². The molecule has 0 radical (unpaired) electrons. The van der Waals surface area contributed by atoms with Crippen molar-refractivity contribution in [3.63, 3.8) is 0 Å². The molecule has 7 heteroatoms. The van der Waals surface area contributed by atoms with Gasteiger partial charge in [-0.15, -0.1) is 0 Å². The lowest BCUT2D eigenvalue weighted by molar-refractivity contribution is -0.139. The van der Waals surface area contributed by atoms with E-state index in [1.807, 2.05) is 48.5 Å². The minimum absolute atomic E-state index is 0.0186. The SMILES string of the molecule is COc1ccccc1-c1nc(N[C@@H]2CN[C@@H](C(=O)O)C2)c2ccccc2n1. The van der Waals surface area contributed by atoms with Crippen LogP contribution in [0.4, 0.5) is 5.82 Å². The van der Waals surface area contributed by atoms with Gasteiger partial charge in [-0.25, -0.2) is 9.97 Å². The number of fused-ring (bicyclic) bond motifs is 1. The number of anilines is 1. The summed E-state index contributed by atoms with van der Waals surface area (Å²) in [5.41, 5.74) is 1.62. The number of hydrogen-bond acceptors (Lipinski definition) is 6. The normalized spacial score (nSPS) is 19.1. The number of hydrogen-bond donors (Lipinski definition) is 3. The van der Waals surface area contributed by atoms with Gasteiger partial charge in [0.1, 0.15) is 17.6 Å². The van der Waals surface area contributed by atoms with E-state index in [9.17, 15) is 9.90 Å². The molecule has 2 heterocycles. The Morgan fingerprint density at radius 3 is 2.74 bits per heavy atom. The third-order valence-electron chi connectivity index (χ3n) is 4.72. The van der Waals surface area contributed by atoms with Crippen molar-refractivity contribution in [2.75, 3.05) is 19.0 Å². The molecule has 0 amide bonds.